The molecule has 174 valence electrons. The average Bonchev–Trinajstić information content (AvgIpc) is 3.31. The van der Waals surface area contributed by atoms with E-state index in [1.807, 2.05) is 67.6 Å². The van der Waals surface area contributed by atoms with Crippen LogP contribution in [0.1, 0.15) is 24.8 Å². The van der Waals surface area contributed by atoms with Gasteiger partial charge >= 0.3 is 6.09 Å². The topological polar surface area (TPSA) is 68.5 Å². The molecule has 0 spiro atoms. The molecule has 4 aromatic rings. The number of ether oxygens (including phenoxy) is 1. The van der Waals surface area contributed by atoms with Crippen LogP contribution in [-0.4, -0.2) is 33.9 Å². The molecular formula is C27H27N3O3S. The summed E-state index contributed by atoms with van der Waals surface area (Å²) in [5.41, 5.74) is 4.07. The van der Waals surface area contributed by atoms with Crippen LogP contribution in [0.3, 0.4) is 0 Å². The van der Waals surface area contributed by atoms with Gasteiger partial charge in [-0.2, -0.15) is 4.98 Å². The Balaban J connectivity index is 1.46. The van der Waals surface area contributed by atoms with Crippen molar-refractivity contribution in [1.29, 1.82) is 0 Å². The minimum atomic E-state index is -0.375. The fourth-order valence-corrected chi connectivity index (χ4v) is 4.32. The maximum atomic E-state index is 13.0. The lowest BCUT2D eigenvalue weighted by atomic mass is 10.1. The van der Waals surface area contributed by atoms with Crippen LogP contribution in [-0.2, 0) is 6.54 Å². The molecule has 0 bridgehead atoms. The highest BCUT2D eigenvalue weighted by Crippen LogP contribution is 2.31. The molecule has 0 fully saturated rings. The lowest BCUT2D eigenvalue weighted by molar-refractivity contribution is 0.149. The van der Waals surface area contributed by atoms with E-state index in [-0.39, 0.29) is 6.09 Å². The number of amides is 1. The van der Waals surface area contributed by atoms with Crippen molar-refractivity contribution in [3.8, 4) is 28.3 Å². The van der Waals surface area contributed by atoms with Gasteiger partial charge in [0.1, 0.15) is 5.75 Å². The summed E-state index contributed by atoms with van der Waals surface area (Å²) in [5, 5.41) is 3.98. The van der Waals surface area contributed by atoms with E-state index in [1.54, 1.807) is 23.6 Å². The summed E-state index contributed by atoms with van der Waals surface area (Å²) in [5.74, 6) is 1.57. The molecule has 7 heteroatoms. The Morgan fingerprint density at radius 2 is 1.82 bits per heavy atom. The Hall–Kier alpha value is -3.58. The number of hydrogen-bond donors (Lipinski definition) is 0. The van der Waals surface area contributed by atoms with Gasteiger partial charge in [-0.3, -0.25) is 0 Å². The SMILES string of the molecule is CCCN(Cc1cccc(-c2noc(C)n2)c1)C(=O)Oc1ccc(-c2ccccc2SC)cc1. The van der Waals surface area contributed by atoms with Gasteiger partial charge in [-0.1, -0.05) is 60.6 Å². The smallest absolute Gasteiger partial charge is 0.410 e. The van der Waals surface area contributed by atoms with E-state index in [0.29, 0.717) is 30.6 Å². The number of carbonyl (C=O) groups excluding carboxylic acids is 1. The van der Waals surface area contributed by atoms with Crippen molar-refractivity contribution < 1.29 is 14.1 Å². The van der Waals surface area contributed by atoms with Gasteiger partial charge in [-0.05, 0) is 53.6 Å². The molecule has 6 nitrogen and oxygen atoms in total. The van der Waals surface area contributed by atoms with Crippen LogP contribution in [0.5, 0.6) is 5.75 Å². The summed E-state index contributed by atoms with van der Waals surface area (Å²) in [6.45, 7) is 4.81. The van der Waals surface area contributed by atoms with E-state index in [4.69, 9.17) is 9.26 Å². The summed E-state index contributed by atoms with van der Waals surface area (Å²) in [4.78, 5) is 20.2. The molecule has 0 radical (unpaired) electrons. The molecule has 0 atom stereocenters. The highest BCUT2D eigenvalue weighted by atomic mass is 32.2. The van der Waals surface area contributed by atoms with Crippen molar-refractivity contribution in [2.24, 2.45) is 0 Å². The zero-order valence-corrected chi connectivity index (χ0v) is 20.3. The van der Waals surface area contributed by atoms with Gasteiger partial charge in [0, 0.05) is 30.5 Å². The molecular weight excluding hydrogens is 446 g/mol. The number of aromatic nitrogens is 2. The molecule has 0 N–H and O–H groups in total. The summed E-state index contributed by atoms with van der Waals surface area (Å²) in [7, 11) is 0. The van der Waals surface area contributed by atoms with E-state index in [1.165, 1.54) is 4.90 Å². The summed E-state index contributed by atoms with van der Waals surface area (Å²) >= 11 is 1.71. The molecule has 0 aliphatic heterocycles. The van der Waals surface area contributed by atoms with E-state index in [2.05, 4.69) is 28.5 Å². The Morgan fingerprint density at radius 3 is 2.53 bits per heavy atom. The van der Waals surface area contributed by atoms with Crippen LogP contribution in [0, 0.1) is 6.92 Å². The molecule has 1 heterocycles. The number of rotatable bonds is 8. The van der Waals surface area contributed by atoms with Gasteiger partial charge in [-0.15, -0.1) is 11.8 Å². The van der Waals surface area contributed by atoms with Crippen LogP contribution < -0.4 is 4.74 Å². The first-order valence-electron chi connectivity index (χ1n) is 11.2. The van der Waals surface area contributed by atoms with Gasteiger partial charge in [-0.25, -0.2) is 4.79 Å². The minimum Gasteiger partial charge on any atom is -0.410 e. The number of carbonyl (C=O) groups is 1. The Labute approximate surface area is 204 Å². The Morgan fingerprint density at radius 1 is 1.03 bits per heavy atom. The molecule has 0 aliphatic carbocycles. The zero-order valence-electron chi connectivity index (χ0n) is 19.5. The van der Waals surface area contributed by atoms with Gasteiger partial charge < -0.3 is 14.2 Å². The summed E-state index contributed by atoms with van der Waals surface area (Å²) < 4.78 is 10.8. The monoisotopic (exact) mass is 473 g/mol. The molecule has 0 aliphatic rings. The van der Waals surface area contributed by atoms with Crippen LogP contribution in [0.15, 0.2) is 82.2 Å². The molecule has 0 saturated heterocycles. The quantitative estimate of drug-likeness (QED) is 0.261. The second-order valence-corrected chi connectivity index (χ2v) is 8.70. The number of hydrogen-bond acceptors (Lipinski definition) is 6. The fourth-order valence-electron chi connectivity index (χ4n) is 3.70. The zero-order chi connectivity index (χ0) is 23.9. The lowest BCUT2D eigenvalue weighted by Crippen LogP contribution is -2.33. The van der Waals surface area contributed by atoms with Gasteiger partial charge in [0.05, 0.1) is 0 Å². The number of thioether (sulfide) groups is 1. The van der Waals surface area contributed by atoms with Crippen molar-refractivity contribution >= 4 is 17.9 Å². The third kappa shape index (κ3) is 5.66. The minimum absolute atomic E-state index is 0.375. The van der Waals surface area contributed by atoms with Crippen LogP contribution in [0.4, 0.5) is 4.79 Å². The van der Waals surface area contributed by atoms with Crippen LogP contribution in [0.2, 0.25) is 0 Å². The van der Waals surface area contributed by atoms with Gasteiger partial charge in [0.2, 0.25) is 11.7 Å². The third-order valence-corrected chi connectivity index (χ3v) is 6.11. The molecule has 1 amide bonds. The molecule has 4 rings (SSSR count). The summed E-state index contributed by atoms with van der Waals surface area (Å²) in [6.07, 6.45) is 2.51. The predicted molar refractivity (Wildman–Crippen MR) is 135 cm³/mol. The Kier molecular flexibility index (Phi) is 7.65. The van der Waals surface area contributed by atoms with E-state index >= 15 is 0 Å². The van der Waals surface area contributed by atoms with Crippen molar-refractivity contribution in [3.05, 3.63) is 84.3 Å². The van der Waals surface area contributed by atoms with Crippen molar-refractivity contribution in [1.82, 2.24) is 15.0 Å². The number of benzene rings is 3. The van der Waals surface area contributed by atoms with Crippen LogP contribution in [0.25, 0.3) is 22.5 Å². The molecule has 3 aromatic carbocycles. The third-order valence-electron chi connectivity index (χ3n) is 5.32. The van der Waals surface area contributed by atoms with Crippen molar-refractivity contribution in [2.75, 3.05) is 12.8 Å². The fraction of sp³-hybridized carbons (Fsp3) is 0.222. The second kappa shape index (κ2) is 11.0. The standard InChI is InChI=1S/C27H27N3O3S/c1-4-16-30(18-20-8-7-9-22(17-20)26-28-19(2)33-29-26)27(31)32-23-14-12-21(13-15-23)24-10-5-6-11-25(24)34-3/h5-15,17H,4,16,18H2,1-3H3. The molecule has 0 unspecified atom stereocenters. The highest BCUT2D eigenvalue weighted by molar-refractivity contribution is 7.98. The maximum Gasteiger partial charge on any atom is 0.415 e. The largest absolute Gasteiger partial charge is 0.415 e. The maximum absolute atomic E-state index is 13.0. The second-order valence-electron chi connectivity index (χ2n) is 7.85. The number of nitrogens with zero attached hydrogens (tertiary/aromatic N) is 3. The molecule has 0 saturated carbocycles. The average molecular weight is 474 g/mol. The first-order chi connectivity index (χ1) is 16.6. The number of aryl methyl sites for hydroxylation is 1. The molecule has 34 heavy (non-hydrogen) atoms. The Bertz CT molecular complexity index is 1250. The molecule has 1 aromatic heterocycles. The normalized spacial score (nSPS) is 10.8. The van der Waals surface area contributed by atoms with E-state index < -0.39 is 0 Å². The van der Waals surface area contributed by atoms with Gasteiger partial charge in [0.25, 0.3) is 0 Å². The predicted octanol–water partition coefficient (Wildman–Crippen LogP) is 6.84. The summed E-state index contributed by atoms with van der Waals surface area (Å²) in [6, 6.07) is 23.7. The van der Waals surface area contributed by atoms with Crippen LogP contribution >= 0.6 is 11.8 Å². The van der Waals surface area contributed by atoms with Crippen molar-refractivity contribution in [2.45, 2.75) is 31.7 Å². The van der Waals surface area contributed by atoms with Gasteiger partial charge in [0.15, 0.2) is 0 Å². The first-order valence-corrected chi connectivity index (χ1v) is 12.4. The van der Waals surface area contributed by atoms with Crippen molar-refractivity contribution in [3.63, 3.8) is 0 Å². The van der Waals surface area contributed by atoms with E-state index in [0.717, 1.165) is 28.7 Å². The van der Waals surface area contributed by atoms with E-state index in [9.17, 15) is 4.79 Å². The first kappa shape index (κ1) is 23.6. The highest BCUT2D eigenvalue weighted by Gasteiger charge is 2.17. The lowest BCUT2D eigenvalue weighted by Gasteiger charge is -2.22.